The molecule has 5 heteroatoms. The fraction of sp³-hybridized carbons (Fsp3) is 0.167. The number of benzene rings is 3. The molecule has 0 aliphatic carbocycles. The maximum atomic E-state index is 13.3. The predicted octanol–water partition coefficient (Wildman–Crippen LogP) is 4.66. The number of carbonyl (C=O) groups is 2. The fourth-order valence-corrected chi connectivity index (χ4v) is 3.86. The molecule has 146 valence electrons. The van der Waals surface area contributed by atoms with Crippen molar-refractivity contribution in [2.24, 2.45) is 0 Å². The molecule has 0 fully saturated rings. The van der Waals surface area contributed by atoms with E-state index in [1.54, 1.807) is 30.3 Å². The van der Waals surface area contributed by atoms with E-state index in [0.717, 1.165) is 11.1 Å². The van der Waals surface area contributed by atoms with Gasteiger partial charge in [0.25, 0.3) is 5.91 Å². The van der Waals surface area contributed by atoms with Crippen LogP contribution in [0.3, 0.4) is 0 Å². The van der Waals surface area contributed by atoms with Crippen LogP contribution in [0.15, 0.2) is 72.8 Å². The summed E-state index contributed by atoms with van der Waals surface area (Å²) in [6.45, 7) is 2.23. The Hall–Kier alpha value is -2.95. The van der Waals surface area contributed by atoms with E-state index in [2.05, 4.69) is 0 Å². The number of halogens is 1. The van der Waals surface area contributed by atoms with Crippen LogP contribution in [0, 0.1) is 6.92 Å². The van der Waals surface area contributed by atoms with Crippen LogP contribution < -0.4 is 4.90 Å². The molecule has 1 amide bonds. The van der Waals surface area contributed by atoms with E-state index in [4.69, 9.17) is 11.6 Å². The van der Waals surface area contributed by atoms with Crippen LogP contribution in [0.25, 0.3) is 0 Å². The van der Waals surface area contributed by atoms with Crippen molar-refractivity contribution in [3.8, 4) is 0 Å². The van der Waals surface area contributed by atoms with Crippen LogP contribution in [-0.4, -0.2) is 16.8 Å². The normalized spacial score (nSPS) is 18.0. The molecule has 3 aromatic rings. The molecule has 0 saturated carbocycles. The van der Waals surface area contributed by atoms with Crippen LogP contribution in [0.5, 0.6) is 0 Å². The Kier molecular flexibility index (Phi) is 4.99. The molecule has 0 spiro atoms. The zero-order chi connectivity index (χ0) is 20.6. The molecular weight excluding hydrogens is 386 g/mol. The third kappa shape index (κ3) is 3.57. The van der Waals surface area contributed by atoms with Gasteiger partial charge in [-0.15, -0.1) is 0 Å². The van der Waals surface area contributed by atoms with Crippen LogP contribution in [-0.2, 0) is 16.9 Å². The molecule has 29 heavy (non-hydrogen) atoms. The third-order valence-electron chi connectivity index (χ3n) is 5.27. The Labute approximate surface area is 174 Å². The molecule has 1 N–H and O–H groups in total. The van der Waals surface area contributed by atoms with Gasteiger partial charge in [0.05, 0.1) is 18.7 Å². The third-order valence-corrected chi connectivity index (χ3v) is 5.50. The van der Waals surface area contributed by atoms with Crippen molar-refractivity contribution >= 4 is 29.0 Å². The number of anilines is 1. The lowest BCUT2D eigenvalue weighted by molar-refractivity contribution is -0.136. The number of rotatable bonds is 5. The Morgan fingerprint density at radius 1 is 1.03 bits per heavy atom. The number of ketones is 1. The van der Waals surface area contributed by atoms with Crippen LogP contribution in [0.2, 0.25) is 5.02 Å². The SMILES string of the molecule is Cc1ccc(C(=O)CC2(O)C(=O)N(Cc3ccccc3)c3ccc(Cl)cc32)cc1. The maximum absolute atomic E-state index is 13.3. The summed E-state index contributed by atoms with van der Waals surface area (Å²) in [5.74, 6) is -0.813. The number of aryl methyl sites for hydroxylation is 1. The lowest BCUT2D eigenvalue weighted by Gasteiger charge is -2.23. The topological polar surface area (TPSA) is 57.6 Å². The van der Waals surface area contributed by atoms with Crippen molar-refractivity contribution < 1.29 is 14.7 Å². The molecular formula is C24H20ClNO3. The first-order valence-corrected chi connectivity index (χ1v) is 9.74. The highest BCUT2D eigenvalue weighted by molar-refractivity contribution is 6.31. The zero-order valence-electron chi connectivity index (χ0n) is 15.9. The molecule has 1 aliphatic rings. The number of amides is 1. The van der Waals surface area contributed by atoms with Gasteiger partial charge in [-0.2, -0.15) is 0 Å². The number of carbonyl (C=O) groups excluding carboxylic acids is 2. The van der Waals surface area contributed by atoms with Gasteiger partial charge in [0.1, 0.15) is 0 Å². The van der Waals surface area contributed by atoms with Gasteiger partial charge in [0, 0.05) is 16.1 Å². The average Bonchev–Trinajstić information content (AvgIpc) is 2.91. The predicted molar refractivity (Wildman–Crippen MR) is 113 cm³/mol. The molecule has 1 unspecified atom stereocenters. The number of aliphatic hydroxyl groups is 1. The number of nitrogens with zero attached hydrogens (tertiary/aromatic N) is 1. The van der Waals surface area contributed by atoms with Crippen molar-refractivity contribution in [1.29, 1.82) is 0 Å². The van der Waals surface area contributed by atoms with Crippen molar-refractivity contribution in [2.45, 2.75) is 25.5 Å². The minimum atomic E-state index is -1.95. The van der Waals surface area contributed by atoms with Gasteiger partial charge in [-0.1, -0.05) is 71.8 Å². The molecule has 4 nitrogen and oxygen atoms in total. The molecule has 1 aliphatic heterocycles. The van der Waals surface area contributed by atoms with Gasteiger partial charge in [0.2, 0.25) is 0 Å². The summed E-state index contributed by atoms with van der Waals surface area (Å²) in [4.78, 5) is 27.7. The number of hydrogen-bond acceptors (Lipinski definition) is 3. The molecule has 3 aromatic carbocycles. The summed E-state index contributed by atoms with van der Waals surface area (Å²) in [5, 5.41) is 11.8. The second-order valence-electron chi connectivity index (χ2n) is 7.36. The summed E-state index contributed by atoms with van der Waals surface area (Å²) in [5.41, 5.74) is 1.41. The van der Waals surface area contributed by atoms with Crippen LogP contribution in [0.1, 0.15) is 33.5 Å². The number of hydrogen-bond donors (Lipinski definition) is 1. The van der Waals surface area contributed by atoms with Gasteiger partial charge in [-0.05, 0) is 30.7 Å². The minimum absolute atomic E-state index is 0.298. The lowest BCUT2D eigenvalue weighted by atomic mass is 9.88. The molecule has 0 saturated heterocycles. The smallest absolute Gasteiger partial charge is 0.264 e. The van der Waals surface area contributed by atoms with Crippen LogP contribution in [0.4, 0.5) is 5.69 Å². The summed E-state index contributed by atoms with van der Waals surface area (Å²) < 4.78 is 0. The second kappa shape index (κ2) is 7.47. The van der Waals surface area contributed by atoms with E-state index >= 15 is 0 Å². The monoisotopic (exact) mass is 405 g/mol. The van der Waals surface area contributed by atoms with Crippen molar-refractivity contribution in [2.75, 3.05) is 4.90 Å². The summed E-state index contributed by atoms with van der Waals surface area (Å²) >= 11 is 6.15. The molecule has 4 rings (SSSR count). The van der Waals surface area contributed by atoms with E-state index in [9.17, 15) is 14.7 Å². The molecule has 0 bridgehead atoms. The highest BCUT2D eigenvalue weighted by Gasteiger charge is 2.51. The van der Waals surface area contributed by atoms with Gasteiger partial charge >= 0.3 is 0 Å². The Morgan fingerprint density at radius 2 is 1.72 bits per heavy atom. The minimum Gasteiger partial charge on any atom is -0.375 e. The van der Waals surface area contributed by atoms with E-state index in [-0.39, 0.29) is 12.2 Å². The highest BCUT2D eigenvalue weighted by atomic mass is 35.5. The average molecular weight is 406 g/mol. The second-order valence-corrected chi connectivity index (χ2v) is 7.80. The Balaban J connectivity index is 1.71. The molecule has 1 heterocycles. The van der Waals surface area contributed by atoms with Gasteiger partial charge in [-0.3, -0.25) is 9.59 Å². The molecule has 1 atom stereocenters. The first-order valence-electron chi connectivity index (χ1n) is 9.37. The summed E-state index contributed by atoms with van der Waals surface area (Å²) in [6, 6.07) is 21.6. The maximum Gasteiger partial charge on any atom is 0.264 e. The van der Waals surface area contributed by atoms with Gasteiger partial charge < -0.3 is 10.0 Å². The molecule has 0 aromatic heterocycles. The Bertz CT molecular complexity index is 1080. The first kappa shape index (κ1) is 19.4. The fourth-order valence-electron chi connectivity index (χ4n) is 3.69. The Morgan fingerprint density at radius 3 is 2.41 bits per heavy atom. The van der Waals surface area contributed by atoms with E-state index in [1.165, 1.54) is 4.90 Å². The summed E-state index contributed by atoms with van der Waals surface area (Å²) in [6.07, 6.45) is -0.340. The van der Waals surface area contributed by atoms with Gasteiger partial charge in [-0.25, -0.2) is 0 Å². The highest BCUT2D eigenvalue weighted by Crippen LogP contribution is 2.44. The van der Waals surface area contributed by atoms with Crippen molar-refractivity contribution in [3.63, 3.8) is 0 Å². The lowest BCUT2D eigenvalue weighted by Crippen LogP contribution is -2.41. The zero-order valence-corrected chi connectivity index (χ0v) is 16.7. The first-order chi connectivity index (χ1) is 13.9. The van der Waals surface area contributed by atoms with E-state index in [0.29, 0.717) is 28.4 Å². The largest absolute Gasteiger partial charge is 0.375 e. The van der Waals surface area contributed by atoms with Crippen molar-refractivity contribution in [3.05, 3.63) is 100 Å². The van der Waals surface area contributed by atoms with Gasteiger partial charge in [0.15, 0.2) is 11.4 Å². The molecule has 0 radical (unpaired) electrons. The number of Topliss-reactive ketones (excluding diaryl/α,β-unsaturated/α-hetero) is 1. The number of fused-ring (bicyclic) bond motifs is 1. The standard InChI is InChI=1S/C24H20ClNO3/c1-16-7-9-18(10-8-16)22(27)14-24(29)20-13-19(25)11-12-21(20)26(23(24)28)15-17-5-3-2-4-6-17/h2-13,29H,14-15H2,1H3. The van der Waals surface area contributed by atoms with Crippen molar-refractivity contribution in [1.82, 2.24) is 0 Å². The van der Waals surface area contributed by atoms with Crippen LogP contribution >= 0.6 is 11.6 Å². The summed E-state index contributed by atoms with van der Waals surface area (Å²) in [7, 11) is 0. The van der Waals surface area contributed by atoms with E-state index < -0.39 is 11.5 Å². The van der Waals surface area contributed by atoms with E-state index in [1.807, 2.05) is 49.4 Å². The quantitative estimate of drug-likeness (QED) is 0.628.